The third-order valence-electron chi connectivity index (χ3n) is 7.65. The number of aliphatic imine (C=N–C) groups is 1. The number of carbonyl (C=O) groups is 4. The number of benzodiazepines with no additional fused rings is 1. The van der Waals surface area contributed by atoms with Crippen molar-refractivity contribution < 1.29 is 23.9 Å². The molecule has 1 aliphatic heterocycles. The Kier molecular flexibility index (Phi) is 10.2. The summed E-state index contributed by atoms with van der Waals surface area (Å²) in [5, 5.41) is 8.14. The van der Waals surface area contributed by atoms with Crippen LogP contribution in [0.1, 0.15) is 22.3 Å². The highest BCUT2D eigenvalue weighted by Gasteiger charge is 2.33. The number of rotatable bonds is 10. The van der Waals surface area contributed by atoms with Crippen LogP contribution in [0.2, 0.25) is 0 Å². The molecule has 0 unspecified atom stereocenters. The number of ether oxygens (including phenoxy) is 1. The van der Waals surface area contributed by atoms with Crippen molar-refractivity contribution in [3.8, 4) is 0 Å². The summed E-state index contributed by atoms with van der Waals surface area (Å²) in [6.45, 7) is 0. The lowest BCUT2D eigenvalue weighted by Gasteiger charge is -2.24. The van der Waals surface area contributed by atoms with Crippen LogP contribution in [0.3, 0.4) is 0 Å². The minimum Gasteiger partial charge on any atom is -0.467 e. The Labute approximate surface area is 267 Å². The average molecular weight is 618 g/mol. The number of nitrogens with one attached hydrogen (secondary N) is 3. The number of hydrogen-bond donors (Lipinski definition) is 3. The molecule has 234 valence electrons. The van der Waals surface area contributed by atoms with E-state index in [1.165, 1.54) is 12.0 Å². The number of likely N-dealkylation sites (N-methyl/N-ethyl adjacent to an activating group) is 1. The van der Waals surface area contributed by atoms with Crippen LogP contribution in [0.5, 0.6) is 0 Å². The molecule has 10 nitrogen and oxygen atoms in total. The van der Waals surface area contributed by atoms with Gasteiger partial charge in [0.05, 0.1) is 18.5 Å². The van der Waals surface area contributed by atoms with Crippen LogP contribution >= 0.6 is 0 Å². The lowest BCUT2D eigenvalue weighted by atomic mass is 10.0. The Morgan fingerprint density at radius 2 is 1.30 bits per heavy atom. The highest BCUT2D eigenvalue weighted by atomic mass is 16.5. The van der Waals surface area contributed by atoms with Crippen LogP contribution in [0.4, 0.5) is 10.5 Å². The summed E-state index contributed by atoms with van der Waals surface area (Å²) in [6.07, 6.45) is -0.958. The minimum absolute atomic E-state index is 0.127. The fourth-order valence-corrected chi connectivity index (χ4v) is 5.28. The molecule has 5 rings (SSSR count). The van der Waals surface area contributed by atoms with Crippen LogP contribution in [0, 0.1) is 0 Å². The van der Waals surface area contributed by atoms with E-state index in [0.29, 0.717) is 11.4 Å². The van der Waals surface area contributed by atoms with Gasteiger partial charge in [-0.05, 0) is 17.2 Å². The second-order valence-corrected chi connectivity index (χ2v) is 10.8. The molecule has 0 saturated carbocycles. The van der Waals surface area contributed by atoms with E-state index >= 15 is 0 Å². The molecule has 4 aromatic rings. The van der Waals surface area contributed by atoms with Crippen LogP contribution in [-0.2, 0) is 32.0 Å². The number of methoxy groups -OCH3 is 1. The molecule has 0 radical (unpaired) electrons. The largest absolute Gasteiger partial charge is 0.467 e. The monoisotopic (exact) mass is 617 g/mol. The third-order valence-corrected chi connectivity index (χ3v) is 7.65. The predicted octanol–water partition coefficient (Wildman–Crippen LogP) is 3.64. The van der Waals surface area contributed by atoms with Gasteiger partial charge in [-0.15, -0.1) is 0 Å². The molecule has 4 aromatic carbocycles. The van der Waals surface area contributed by atoms with E-state index in [9.17, 15) is 19.2 Å². The molecular weight excluding hydrogens is 582 g/mol. The number of amides is 4. The topological polar surface area (TPSA) is 129 Å². The number of esters is 1. The van der Waals surface area contributed by atoms with E-state index in [0.717, 1.165) is 22.3 Å². The second-order valence-electron chi connectivity index (χ2n) is 10.8. The van der Waals surface area contributed by atoms with E-state index in [2.05, 4.69) is 16.0 Å². The summed E-state index contributed by atoms with van der Waals surface area (Å²) < 4.78 is 4.96. The van der Waals surface area contributed by atoms with Crippen LogP contribution in [0.25, 0.3) is 0 Å². The van der Waals surface area contributed by atoms with Crippen LogP contribution < -0.4 is 20.9 Å². The maximum Gasteiger partial charge on any atom is 0.328 e. The first-order chi connectivity index (χ1) is 22.3. The van der Waals surface area contributed by atoms with Gasteiger partial charge in [-0.1, -0.05) is 109 Å². The summed E-state index contributed by atoms with van der Waals surface area (Å²) >= 11 is 0. The fraction of sp³-hybridized carbons (Fsp3) is 0.194. The number of fused-ring (bicyclic) bond motifs is 1. The van der Waals surface area contributed by atoms with Gasteiger partial charge < -0.3 is 25.6 Å². The Morgan fingerprint density at radius 1 is 0.761 bits per heavy atom. The van der Waals surface area contributed by atoms with Crippen molar-refractivity contribution in [1.82, 2.24) is 16.0 Å². The lowest BCUT2D eigenvalue weighted by molar-refractivity contribution is -0.145. The van der Waals surface area contributed by atoms with Crippen molar-refractivity contribution >= 4 is 35.2 Å². The number of urea groups is 1. The normalized spacial score (nSPS) is 15.3. The molecule has 3 N–H and O–H groups in total. The van der Waals surface area contributed by atoms with Gasteiger partial charge in [0, 0.05) is 31.0 Å². The van der Waals surface area contributed by atoms with Crippen LogP contribution in [0.15, 0.2) is 120 Å². The van der Waals surface area contributed by atoms with E-state index in [1.54, 1.807) is 7.05 Å². The quantitative estimate of drug-likeness (QED) is 0.234. The Balaban J connectivity index is 1.39. The van der Waals surface area contributed by atoms with Gasteiger partial charge >= 0.3 is 12.0 Å². The number of benzene rings is 4. The maximum absolute atomic E-state index is 13.7. The fourth-order valence-electron chi connectivity index (χ4n) is 5.28. The zero-order chi connectivity index (χ0) is 32.5. The van der Waals surface area contributed by atoms with Gasteiger partial charge in [0.15, 0.2) is 0 Å². The van der Waals surface area contributed by atoms with Gasteiger partial charge in [-0.2, -0.15) is 0 Å². The van der Waals surface area contributed by atoms with E-state index < -0.39 is 42.1 Å². The molecule has 1 aliphatic rings. The molecule has 3 atom stereocenters. The number of anilines is 1. The Morgan fingerprint density at radius 3 is 1.91 bits per heavy atom. The molecule has 0 aromatic heterocycles. The highest BCUT2D eigenvalue weighted by molar-refractivity contribution is 6.20. The van der Waals surface area contributed by atoms with E-state index in [-0.39, 0.29) is 12.8 Å². The SMILES string of the molecule is COC(=O)[C@H](Cc1ccccc1)NC(=O)[C@H](Cc1ccccc1)NC(=O)N[C@@H]1N=C(c2ccccc2)c2ccccc2N(C)C1=O. The van der Waals surface area contributed by atoms with Gasteiger partial charge in [-0.25, -0.2) is 14.6 Å². The molecule has 1 heterocycles. The molecule has 0 spiro atoms. The maximum atomic E-state index is 13.7. The first-order valence-corrected chi connectivity index (χ1v) is 14.9. The first-order valence-electron chi connectivity index (χ1n) is 14.9. The smallest absolute Gasteiger partial charge is 0.328 e. The van der Waals surface area contributed by atoms with Crippen molar-refractivity contribution in [2.45, 2.75) is 31.1 Å². The lowest BCUT2D eigenvalue weighted by Crippen LogP contribution is -2.57. The zero-order valence-electron chi connectivity index (χ0n) is 25.6. The first kappa shape index (κ1) is 31.6. The molecule has 10 heteroatoms. The number of hydrogen-bond acceptors (Lipinski definition) is 6. The van der Waals surface area contributed by atoms with Crippen molar-refractivity contribution in [2.24, 2.45) is 4.99 Å². The summed E-state index contributed by atoms with van der Waals surface area (Å²) in [6, 6.07) is 32.3. The number of para-hydroxylation sites is 1. The predicted molar refractivity (Wildman–Crippen MR) is 175 cm³/mol. The molecular formula is C36H35N5O5. The van der Waals surface area contributed by atoms with E-state index in [1.807, 2.05) is 115 Å². The zero-order valence-corrected chi connectivity index (χ0v) is 25.6. The van der Waals surface area contributed by atoms with Crippen molar-refractivity contribution in [2.75, 3.05) is 19.1 Å². The molecule has 4 amide bonds. The minimum atomic E-state index is -1.28. The summed E-state index contributed by atoms with van der Waals surface area (Å²) in [5.74, 6) is -1.66. The summed E-state index contributed by atoms with van der Waals surface area (Å²) in [7, 11) is 2.88. The van der Waals surface area contributed by atoms with Crippen LogP contribution in [-0.4, -0.2) is 61.9 Å². The molecule has 0 aliphatic carbocycles. The second kappa shape index (κ2) is 14.8. The van der Waals surface area contributed by atoms with Gasteiger partial charge in [0.2, 0.25) is 12.1 Å². The van der Waals surface area contributed by atoms with Crippen molar-refractivity contribution in [3.63, 3.8) is 0 Å². The number of carbonyl (C=O) groups excluding carboxylic acids is 4. The summed E-state index contributed by atoms with van der Waals surface area (Å²) in [4.78, 5) is 59.7. The van der Waals surface area contributed by atoms with Crippen molar-refractivity contribution in [3.05, 3.63) is 138 Å². The van der Waals surface area contributed by atoms with Gasteiger partial charge in [0.1, 0.15) is 12.1 Å². The standard InChI is InChI=1S/C36H35N5O5/c1-41-30-21-13-12-20-27(30)31(26-18-10-5-11-19-26)39-32(34(41)43)40-36(45)38-28(22-24-14-6-3-7-15-24)33(42)37-29(35(44)46-2)23-25-16-8-4-9-17-25/h3-21,28-29,32H,22-23H2,1-2H3,(H,37,42)(H2,38,40,45)/t28-,29-,32-/m0/s1. The van der Waals surface area contributed by atoms with Crippen molar-refractivity contribution in [1.29, 1.82) is 0 Å². The average Bonchev–Trinajstić information content (AvgIpc) is 3.19. The molecule has 0 bridgehead atoms. The molecule has 0 saturated heterocycles. The van der Waals surface area contributed by atoms with Gasteiger partial charge in [-0.3, -0.25) is 9.59 Å². The Hall–Kier alpha value is -5.77. The Bertz CT molecular complexity index is 1710. The third kappa shape index (κ3) is 7.65. The summed E-state index contributed by atoms with van der Waals surface area (Å²) in [5.41, 5.74) is 4.31. The van der Waals surface area contributed by atoms with Gasteiger partial charge in [0.25, 0.3) is 5.91 Å². The van der Waals surface area contributed by atoms with E-state index in [4.69, 9.17) is 9.73 Å². The molecule has 46 heavy (non-hydrogen) atoms. The highest BCUT2D eigenvalue weighted by Crippen LogP contribution is 2.27. The number of nitrogens with zero attached hydrogens (tertiary/aromatic N) is 2. The molecule has 0 fully saturated rings.